The molecule has 0 unspecified atom stereocenters. The zero-order chi connectivity index (χ0) is 26.1. The van der Waals surface area contributed by atoms with Gasteiger partial charge in [-0.2, -0.15) is 0 Å². The van der Waals surface area contributed by atoms with Crippen molar-refractivity contribution < 1.29 is 4.42 Å². The fourth-order valence-electron chi connectivity index (χ4n) is 5.67. The van der Waals surface area contributed by atoms with E-state index in [1.807, 2.05) is 72.8 Å². The lowest BCUT2D eigenvalue weighted by atomic mass is 9.88. The third-order valence-corrected chi connectivity index (χ3v) is 7.52. The molecular weight excluding hydrogens is 480 g/mol. The van der Waals surface area contributed by atoms with Crippen LogP contribution in [0.3, 0.4) is 0 Å². The fourth-order valence-corrected chi connectivity index (χ4v) is 5.67. The summed E-state index contributed by atoms with van der Waals surface area (Å²) in [4.78, 5) is 10.1. The molecule has 5 nitrogen and oxygen atoms in total. The maximum absolute atomic E-state index is 8.60. The Morgan fingerprint density at radius 1 is 0.641 bits per heavy atom. The second-order valence-corrected chi connectivity index (χ2v) is 9.78. The molecule has 0 bridgehead atoms. The SMILES string of the molecule is N=C1C=Cc2ccc3ccc(-c4nc(-c5cccc6oc7ccccc7c56)c5ccccc5n4)cc3c2C1=N. The van der Waals surface area contributed by atoms with E-state index in [-0.39, 0.29) is 11.4 Å². The highest BCUT2D eigenvalue weighted by molar-refractivity contribution is 6.53. The van der Waals surface area contributed by atoms with E-state index in [0.29, 0.717) is 5.82 Å². The molecular formula is C34H20N4O. The zero-order valence-electron chi connectivity index (χ0n) is 20.7. The highest BCUT2D eigenvalue weighted by Crippen LogP contribution is 2.39. The maximum Gasteiger partial charge on any atom is 0.160 e. The summed E-state index contributed by atoms with van der Waals surface area (Å²) >= 11 is 0. The third kappa shape index (κ3) is 3.20. The van der Waals surface area contributed by atoms with E-state index in [1.165, 1.54) is 0 Å². The van der Waals surface area contributed by atoms with Crippen molar-refractivity contribution in [3.8, 4) is 22.6 Å². The van der Waals surface area contributed by atoms with Gasteiger partial charge in [0.2, 0.25) is 0 Å². The van der Waals surface area contributed by atoms with Crippen LogP contribution in [0.15, 0.2) is 108 Å². The predicted octanol–water partition coefficient (Wildman–Crippen LogP) is 8.43. The number of furan rings is 1. The molecule has 0 amide bonds. The van der Waals surface area contributed by atoms with E-state index < -0.39 is 0 Å². The predicted molar refractivity (Wildman–Crippen MR) is 159 cm³/mol. The van der Waals surface area contributed by atoms with Gasteiger partial charge in [-0.1, -0.05) is 78.9 Å². The van der Waals surface area contributed by atoms with E-state index in [2.05, 4.69) is 30.3 Å². The van der Waals surface area contributed by atoms with Crippen molar-refractivity contribution in [2.24, 2.45) is 0 Å². The summed E-state index contributed by atoms with van der Waals surface area (Å²) in [6.45, 7) is 0. The Hall–Kier alpha value is -5.42. The Bertz CT molecular complexity index is 2220. The quantitative estimate of drug-likeness (QED) is 0.250. The van der Waals surface area contributed by atoms with Gasteiger partial charge in [0.15, 0.2) is 5.82 Å². The van der Waals surface area contributed by atoms with E-state index in [4.69, 9.17) is 25.2 Å². The van der Waals surface area contributed by atoms with Crippen LogP contribution in [0.25, 0.3) is 72.3 Å². The third-order valence-electron chi connectivity index (χ3n) is 7.52. The molecule has 2 N–H and O–H groups in total. The Morgan fingerprint density at radius 3 is 2.36 bits per heavy atom. The molecule has 182 valence electrons. The van der Waals surface area contributed by atoms with Gasteiger partial charge >= 0.3 is 0 Å². The van der Waals surface area contributed by atoms with E-state index >= 15 is 0 Å². The number of fused-ring (bicyclic) bond motifs is 7. The van der Waals surface area contributed by atoms with E-state index in [0.717, 1.165) is 71.6 Å². The lowest BCUT2D eigenvalue weighted by Gasteiger charge is -2.16. The van der Waals surface area contributed by atoms with Crippen LogP contribution in [0, 0.1) is 10.8 Å². The molecule has 0 radical (unpaired) electrons. The average Bonchev–Trinajstić information content (AvgIpc) is 3.37. The van der Waals surface area contributed by atoms with Gasteiger partial charge in [0.1, 0.15) is 11.2 Å². The lowest BCUT2D eigenvalue weighted by molar-refractivity contribution is 0.669. The first-order chi connectivity index (χ1) is 19.2. The number of benzene rings is 5. The number of nitrogens with zero attached hydrogens (tertiary/aromatic N) is 2. The lowest BCUT2D eigenvalue weighted by Crippen LogP contribution is -2.16. The number of para-hydroxylation sites is 2. The summed E-state index contributed by atoms with van der Waals surface area (Å²) in [5.41, 5.74) is 7.40. The summed E-state index contributed by atoms with van der Waals surface area (Å²) in [5, 5.41) is 21.8. The second kappa shape index (κ2) is 8.04. The monoisotopic (exact) mass is 500 g/mol. The molecule has 8 rings (SSSR count). The number of nitrogens with one attached hydrogen (secondary N) is 2. The normalized spacial score (nSPS) is 13.1. The number of allylic oxidation sites excluding steroid dienone is 1. The Kier molecular flexibility index (Phi) is 4.46. The first-order valence-corrected chi connectivity index (χ1v) is 12.8. The van der Waals surface area contributed by atoms with Crippen molar-refractivity contribution in [2.45, 2.75) is 0 Å². The van der Waals surface area contributed by atoms with E-state index in [1.54, 1.807) is 6.08 Å². The standard InChI is InChI=1S/C34H20N4O/c35-26-17-16-20-14-12-19-13-15-21(18-25(19)30(20)32(26)36)34-37-27-9-3-1-6-22(27)33(38-34)24-8-5-11-29-31(24)23-7-2-4-10-28(23)39-29/h1-18,35-36H. The van der Waals surface area contributed by atoms with Gasteiger partial charge in [-0.15, -0.1) is 0 Å². The number of hydrogen-bond acceptors (Lipinski definition) is 5. The van der Waals surface area contributed by atoms with Crippen LogP contribution in [-0.2, 0) is 0 Å². The fraction of sp³-hybridized carbons (Fsp3) is 0. The summed E-state index contributed by atoms with van der Waals surface area (Å²) in [6.07, 6.45) is 3.58. The second-order valence-electron chi connectivity index (χ2n) is 9.78. The Balaban J connectivity index is 1.41. The van der Waals surface area contributed by atoms with Crippen LogP contribution in [-0.4, -0.2) is 21.4 Å². The molecule has 0 atom stereocenters. The molecule has 5 aromatic carbocycles. The van der Waals surface area contributed by atoms with Crippen LogP contribution in [0.2, 0.25) is 0 Å². The number of aromatic nitrogens is 2. The Morgan fingerprint density at radius 2 is 1.44 bits per heavy atom. The molecule has 1 aliphatic rings. The molecule has 0 saturated heterocycles. The van der Waals surface area contributed by atoms with Crippen LogP contribution in [0.1, 0.15) is 11.1 Å². The van der Waals surface area contributed by atoms with Crippen molar-refractivity contribution in [1.29, 1.82) is 10.8 Å². The largest absolute Gasteiger partial charge is 0.456 e. The molecule has 5 heteroatoms. The van der Waals surface area contributed by atoms with Gasteiger partial charge in [-0.05, 0) is 46.7 Å². The minimum Gasteiger partial charge on any atom is -0.456 e. The maximum atomic E-state index is 8.60. The highest BCUT2D eigenvalue weighted by Gasteiger charge is 2.20. The minimum atomic E-state index is 0.213. The summed E-state index contributed by atoms with van der Waals surface area (Å²) in [6, 6.07) is 32.5. The molecule has 1 aliphatic carbocycles. The molecule has 0 fully saturated rings. The summed E-state index contributed by atoms with van der Waals surface area (Å²) < 4.78 is 6.17. The van der Waals surface area contributed by atoms with Gasteiger partial charge in [-0.3, -0.25) is 10.8 Å². The first-order valence-electron chi connectivity index (χ1n) is 12.8. The molecule has 0 spiro atoms. The molecule has 0 saturated carbocycles. The molecule has 2 aromatic heterocycles. The highest BCUT2D eigenvalue weighted by atomic mass is 16.3. The molecule has 39 heavy (non-hydrogen) atoms. The van der Waals surface area contributed by atoms with Crippen LogP contribution in [0.5, 0.6) is 0 Å². The van der Waals surface area contributed by atoms with Gasteiger partial charge in [0.25, 0.3) is 0 Å². The van der Waals surface area contributed by atoms with Crippen molar-refractivity contribution in [2.75, 3.05) is 0 Å². The zero-order valence-corrected chi connectivity index (χ0v) is 20.7. The smallest absolute Gasteiger partial charge is 0.160 e. The van der Waals surface area contributed by atoms with Gasteiger partial charge in [-0.25, -0.2) is 9.97 Å². The van der Waals surface area contributed by atoms with Crippen molar-refractivity contribution in [1.82, 2.24) is 9.97 Å². The van der Waals surface area contributed by atoms with E-state index in [9.17, 15) is 0 Å². The van der Waals surface area contributed by atoms with Crippen LogP contribution in [0.4, 0.5) is 0 Å². The van der Waals surface area contributed by atoms with Crippen LogP contribution < -0.4 is 0 Å². The van der Waals surface area contributed by atoms with Crippen molar-refractivity contribution in [3.05, 3.63) is 114 Å². The van der Waals surface area contributed by atoms with Crippen molar-refractivity contribution >= 4 is 61.1 Å². The number of rotatable bonds is 2. The summed E-state index contributed by atoms with van der Waals surface area (Å²) in [7, 11) is 0. The average molecular weight is 501 g/mol. The van der Waals surface area contributed by atoms with Crippen molar-refractivity contribution in [3.63, 3.8) is 0 Å². The van der Waals surface area contributed by atoms with Gasteiger partial charge in [0, 0.05) is 32.8 Å². The van der Waals surface area contributed by atoms with Crippen LogP contribution >= 0.6 is 0 Å². The first kappa shape index (κ1) is 21.6. The number of hydrogen-bond donors (Lipinski definition) is 2. The Labute approximate surface area is 223 Å². The summed E-state index contributed by atoms with van der Waals surface area (Å²) in [5.74, 6) is 0.612. The van der Waals surface area contributed by atoms with Gasteiger partial charge in [0.05, 0.1) is 22.6 Å². The minimum absolute atomic E-state index is 0.213. The molecule has 7 aromatic rings. The molecule has 0 aliphatic heterocycles. The topological polar surface area (TPSA) is 86.6 Å². The molecule has 2 heterocycles. The van der Waals surface area contributed by atoms with Gasteiger partial charge < -0.3 is 4.42 Å².